The van der Waals surface area contributed by atoms with Crippen molar-refractivity contribution in [2.45, 2.75) is 25.6 Å². The lowest BCUT2D eigenvalue weighted by Crippen LogP contribution is -2.48. The van der Waals surface area contributed by atoms with Crippen molar-refractivity contribution in [1.29, 1.82) is 0 Å². The lowest BCUT2D eigenvalue weighted by atomic mass is 10.1. The Labute approximate surface area is 167 Å². The molecule has 0 saturated carbocycles. The van der Waals surface area contributed by atoms with Crippen molar-refractivity contribution in [2.24, 2.45) is 18.0 Å². The highest BCUT2D eigenvalue weighted by Crippen LogP contribution is 2.24. The minimum atomic E-state index is 0. The minimum absolute atomic E-state index is 0. The van der Waals surface area contributed by atoms with Crippen molar-refractivity contribution in [3.05, 3.63) is 11.9 Å². The van der Waals surface area contributed by atoms with Crippen LogP contribution in [0.1, 0.15) is 19.5 Å². The molecule has 1 fully saturated rings. The summed E-state index contributed by atoms with van der Waals surface area (Å²) in [6, 6.07) is 0. The molecule has 8 heteroatoms. The van der Waals surface area contributed by atoms with Crippen molar-refractivity contribution in [3.8, 4) is 0 Å². The summed E-state index contributed by atoms with van der Waals surface area (Å²) in [7, 11) is 7.93. The standard InChI is InChI=1S/C16H30N6S.HI/c1-12(2)14-11-22(7-8-23-14)15(17-3)18-9-13-10-19-16(20(4)5)21(13)6;/h10,12,14H,7-9,11H2,1-6H3,(H,17,18);1H. The molecule has 0 bridgehead atoms. The van der Waals surface area contributed by atoms with Gasteiger partial charge in [0.25, 0.3) is 0 Å². The summed E-state index contributed by atoms with van der Waals surface area (Å²) in [6.07, 6.45) is 1.93. The van der Waals surface area contributed by atoms with E-state index in [1.807, 2.05) is 32.2 Å². The Morgan fingerprint density at radius 3 is 2.75 bits per heavy atom. The van der Waals surface area contributed by atoms with Crippen molar-refractivity contribution < 1.29 is 0 Å². The maximum Gasteiger partial charge on any atom is 0.204 e. The van der Waals surface area contributed by atoms with E-state index in [0.29, 0.717) is 11.2 Å². The number of imidazole rings is 1. The van der Waals surface area contributed by atoms with E-state index in [1.165, 1.54) is 5.75 Å². The molecule has 2 rings (SSSR count). The van der Waals surface area contributed by atoms with E-state index in [9.17, 15) is 0 Å². The fraction of sp³-hybridized carbons (Fsp3) is 0.750. The van der Waals surface area contributed by atoms with E-state index in [2.05, 4.69) is 57.4 Å². The van der Waals surface area contributed by atoms with Gasteiger partial charge in [-0.2, -0.15) is 11.8 Å². The average Bonchev–Trinajstić information content (AvgIpc) is 2.89. The number of aliphatic imine (C=N–C) groups is 1. The molecule has 1 atom stereocenters. The van der Waals surface area contributed by atoms with Crippen molar-refractivity contribution in [3.63, 3.8) is 0 Å². The number of halogens is 1. The molecule has 0 aromatic carbocycles. The van der Waals surface area contributed by atoms with Crippen LogP contribution in [0.5, 0.6) is 0 Å². The van der Waals surface area contributed by atoms with Crippen molar-refractivity contribution >= 4 is 47.6 Å². The van der Waals surface area contributed by atoms with Gasteiger partial charge in [-0.25, -0.2) is 4.98 Å². The Bertz CT molecular complexity index is 543. The van der Waals surface area contributed by atoms with Crippen LogP contribution in [0.3, 0.4) is 0 Å². The molecule has 138 valence electrons. The van der Waals surface area contributed by atoms with Crippen LogP contribution in [0.15, 0.2) is 11.2 Å². The largest absolute Gasteiger partial charge is 0.351 e. The Balaban J connectivity index is 0.00000288. The molecule has 1 N–H and O–H groups in total. The molecule has 0 radical (unpaired) electrons. The predicted molar refractivity (Wildman–Crippen MR) is 116 cm³/mol. The monoisotopic (exact) mass is 466 g/mol. The maximum atomic E-state index is 4.47. The van der Waals surface area contributed by atoms with Gasteiger partial charge in [-0.1, -0.05) is 13.8 Å². The number of aromatic nitrogens is 2. The number of thioether (sulfide) groups is 1. The molecule has 1 aliphatic heterocycles. The second-order valence-electron chi connectivity index (χ2n) is 6.50. The third-order valence-electron chi connectivity index (χ3n) is 4.24. The third-order valence-corrected chi connectivity index (χ3v) is 5.78. The summed E-state index contributed by atoms with van der Waals surface area (Å²) in [5, 5.41) is 4.18. The van der Waals surface area contributed by atoms with Crippen LogP contribution in [0.4, 0.5) is 5.95 Å². The van der Waals surface area contributed by atoms with Gasteiger partial charge in [0.2, 0.25) is 5.95 Å². The van der Waals surface area contributed by atoms with Gasteiger partial charge in [0.05, 0.1) is 18.4 Å². The molecule has 1 aliphatic rings. The van der Waals surface area contributed by atoms with E-state index in [-0.39, 0.29) is 24.0 Å². The van der Waals surface area contributed by atoms with Crippen molar-refractivity contribution in [2.75, 3.05) is 44.9 Å². The second kappa shape index (κ2) is 9.74. The summed E-state index contributed by atoms with van der Waals surface area (Å²) < 4.78 is 2.11. The van der Waals surface area contributed by atoms with Gasteiger partial charge in [0, 0.05) is 52.3 Å². The lowest BCUT2D eigenvalue weighted by molar-refractivity contribution is 0.380. The molecule has 6 nitrogen and oxygen atoms in total. The number of nitrogens with zero attached hydrogens (tertiary/aromatic N) is 5. The molecule has 1 saturated heterocycles. The fourth-order valence-corrected chi connectivity index (χ4v) is 4.09. The molecule has 0 spiro atoms. The van der Waals surface area contributed by atoms with Gasteiger partial charge in [0.1, 0.15) is 0 Å². The van der Waals surface area contributed by atoms with Crippen LogP contribution in [0.2, 0.25) is 0 Å². The molecule has 1 unspecified atom stereocenters. The van der Waals surface area contributed by atoms with Crippen LogP contribution in [-0.2, 0) is 13.6 Å². The van der Waals surface area contributed by atoms with E-state index in [4.69, 9.17) is 0 Å². The van der Waals surface area contributed by atoms with E-state index in [0.717, 1.165) is 37.2 Å². The van der Waals surface area contributed by atoms with Crippen LogP contribution in [0.25, 0.3) is 0 Å². The summed E-state index contributed by atoms with van der Waals surface area (Å²) in [4.78, 5) is 13.3. The van der Waals surface area contributed by atoms with Crippen molar-refractivity contribution in [1.82, 2.24) is 19.8 Å². The van der Waals surface area contributed by atoms with Crippen LogP contribution in [0, 0.1) is 5.92 Å². The fourth-order valence-electron chi connectivity index (χ4n) is 2.79. The molecule has 2 heterocycles. The first-order valence-corrected chi connectivity index (χ1v) is 9.24. The number of nitrogens with one attached hydrogen (secondary N) is 1. The zero-order valence-electron chi connectivity index (χ0n) is 15.6. The Kier molecular flexibility index (Phi) is 8.69. The molecule has 0 aliphatic carbocycles. The normalized spacial score (nSPS) is 18.5. The second-order valence-corrected chi connectivity index (χ2v) is 7.85. The number of guanidine groups is 1. The topological polar surface area (TPSA) is 48.7 Å². The average molecular weight is 466 g/mol. The first kappa shape index (κ1) is 21.4. The Hall–Kier alpha value is -0.640. The van der Waals surface area contributed by atoms with E-state index < -0.39 is 0 Å². The number of hydrogen-bond acceptors (Lipinski definition) is 4. The number of rotatable bonds is 4. The van der Waals surface area contributed by atoms with Gasteiger partial charge < -0.3 is 19.7 Å². The quantitative estimate of drug-likeness (QED) is 0.419. The molecule has 0 amide bonds. The smallest absolute Gasteiger partial charge is 0.204 e. The molecule has 1 aromatic rings. The Morgan fingerprint density at radius 2 is 2.21 bits per heavy atom. The first-order valence-electron chi connectivity index (χ1n) is 8.19. The highest BCUT2D eigenvalue weighted by Gasteiger charge is 2.24. The third kappa shape index (κ3) is 5.18. The number of hydrogen-bond donors (Lipinski definition) is 1. The summed E-state index contributed by atoms with van der Waals surface area (Å²) in [5.41, 5.74) is 1.15. The van der Waals surface area contributed by atoms with Crippen LogP contribution in [-0.4, -0.2) is 65.6 Å². The molecule has 1 aromatic heterocycles. The van der Waals surface area contributed by atoms with E-state index in [1.54, 1.807) is 0 Å². The molecular formula is C16H31IN6S. The van der Waals surface area contributed by atoms with Crippen LogP contribution >= 0.6 is 35.7 Å². The van der Waals surface area contributed by atoms with Gasteiger partial charge in [0.15, 0.2) is 5.96 Å². The summed E-state index contributed by atoms with van der Waals surface area (Å²) >= 11 is 2.08. The summed E-state index contributed by atoms with van der Waals surface area (Å²) in [5.74, 6) is 3.82. The Morgan fingerprint density at radius 1 is 1.50 bits per heavy atom. The predicted octanol–water partition coefficient (Wildman–Crippen LogP) is 2.25. The van der Waals surface area contributed by atoms with Crippen LogP contribution < -0.4 is 10.2 Å². The zero-order chi connectivity index (χ0) is 17.0. The molecule has 24 heavy (non-hydrogen) atoms. The van der Waals surface area contributed by atoms with Gasteiger partial charge in [-0.3, -0.25) is 4.99 Å². The van der Waals surface area contributed by atoms with Gasteiger partial charge in [-0.05, 0) is 5.92 Å². The highest BCUT2D eigenvalue weighted by molar-refractivity contribution is 14.0. The summed E-state index contributed by atoms with van der Waals surface area (Å²) in [6.45, 7) is 7.46. The van der Waals surface area contributed by atoms with Gasteiger partial charge >= 0.3 is 0 Å². The lowest BCUT2D eigenvalue weighted by Gasteiger charge is -2.36. The minimum Gasteiger partial charge on any atom is -0.351 e. The van der Waals surface area contributed by atoms with E-state index >= 15 is 0 Å². The first-order chi connectivity index (χ1) is 10.9. The molecular weight excluding hydrogens is 435 g/mol. The SMILES string of the molecule is CN=C(NCc1cnc(N(C)C)n1C)N1CCSC(C(C)C)C1.I. The maximum absolute atomic E-state index is 4.47. The highest BCUT2D eigenvalue weighted by atomic mass is 127. The zero-order valence-corrected chi connectivity index (χ0v) is 18.8. The van der Waals surface area contributed by atoms with Gasteiger partial charge in [-0.15, -0.1) is 24.0 Å². The number of anilines is 1.